The molecule has 5 rings (SSSR count). The van der Waals surface area contributed by atoms with Crippen LogP contribution in [-0.2, 0) is 0 Å². The predicted octanol–water partition coefficient (Wildman–Crippen LogP) is 5.64. The summed E-state index contributed by atoms with van der Waals surface area (Å²) in [5.74, 6) is 1.25. The molecule has 0 unspecified atom stereocenters. The standard InChI is InChI=1S/C28H31N5O/c1-17(2)14-29-26-27-30-15-25(20-8-10-21(11-9-20)28(34)31-22-12-13-22)33(27)16-24(32-26)23-7-5-6-18(3)19(23)4/h5-11,15-17,22H,12-14H2,1-4H3,(H,29,32)(H,31,34). The number of aromatic nitrogens is 3. The van der Waals surface area contributed by atoms with Gasteiger partial charge in [0.15, 0.2) is 11.5 Å². The van der Waals surface area contributed by atoms with E-state index in [9.17, 15) is 4.79 Å². The molecule has 1 amide bonds. The second kappa shape index (κ2) is 8.93. The molecule has 1 aliphatic rings. The molecule has 174 valence electrons. The Morgan fingerprint density at radius 3 is 2.59 bits per heavy atom. The van der Waals surface area contributed by atoms with E-state index >= 15 is 0 Å². The smallest absolute Gasteiger partial charge is 0.251 e. The first kappa shape index (κ1) is 22.1. The summed E-state index contributed by atoms with van der Waals surface area (Å²) in [7, 11) is 0. The highest BCUT2D eigenvalue weighted by Crippen LogP contribution is 2.30. The van der Waals surface area contributed by atoms with Gasteiger partial charge in [-0.25, -0.2) is 9.97 Å². The van der Waals surface area contributed by atoms with Crippen LogP contribution in [0.5, 0.6) is 0 Å². The van der Waals surface area contributed by atoms with E-state index in [1.54, 1.807) is 0 Å². The van der Waals surface area contributed by atoms with Crippen molar-refractivity contribution in [3.8, 4) is 22.5 Å². The second-order valence-electron chi connectivity index (χ2n) is 9.66. The lowest BCUT2D eigenvalue weighted by molar-refractivity contribution is 0.0951. The number of hydrogen-bond acceptors (Lipinski definition) is 4. The summed E-state index contributed by atoms with van der Waals surface area (Å²) in [6.45, 7) is 9.43. The third-order valence-electron chi connectivity index (χ3n) is 6.41. The van der Waals surface area contributed by atoms with Crippen LogP contribution in [0.4, 0.5) is 5.82 Å². The van der Waals surface area contributed by atoms with Crippen LogP contribution in [0.2, 0.25) is 0 Å². The normalized spacial score (nSPS) is 13.4. The van der Waals surface area contributed by atoms with Crippen LogP contribution in [0.25, 0.3) is 28.2 Å². The van der Waals surface area contributed by atoms with Crippen molar-refractivity contribution in [1.82, 2.24) is 19.7 Å². The Labute approximate surface area is 200 Å². The minimum absolute atomic E-state index is 0.00577. The number of hydrogen-bond donors (Lipinski definition) is 2. The first-order chi connectivity index (χ1) is 16.4. The van der Waals surface area contributed by atoms with Gasteiger partial charge in [-0.1, -0.05) is 44.2 Å². The number of nitrogens with one attached hydrogen (secondary N) is 2. The van der Waals surface area contributed by atoms with Crippen molar-refractivity contribution in [1.29, 1.82) is 0 Å². The van der Waals surface area contributed by atoms with Crippen LogP contribution in [0.3, 0.4) is 0 Å². The molecular formula is C28H31N5O. The van der Waals surface area contributed by atoms with Gasteiger partial charge in [-0.3, -0.25) is 9.20 Å². The number of imidazole rings is 1. The van der Waals surface area contributed by atoms with Crippen LogP contribution in [0, 0.1) is 19.8 Å². The summed E-state index contributed by atoms with van der Waals surface area (Å²) in [5, 5.41) is 6.54. The summed E-state index contributed by atoms with van der Waals surface area (Å²) in [6.07, 6.45) is 6.10. The molecule has 1 fully saturated rings. The monoisotopic (exact) mass is 453 g/mol. The van der Waals surface area contributed by atoms with Crippen LogP contribution >= 0.6 is 0 Å². The molecule has 6 nitrogen and oxygen atoms in total. The van der Waals surface area contributed by atoms with Gasteiger partial charge in [0.25, 0.3) is 5.91 Å². The zero-order valence-corrected chi connectivity index (χ0v) is 20.2. The van der Waals surface area contributed by atoms with Gasteiger partial charge < -0.3 is 10.6 Å². The number of carbonyl (C=O) groups excluding carboxylic acids is 1. The maximum atomic E-state index is 12.4. The van der Waals surface area contributed by atoms with Crippen molar-refractivity contribution in [3.63, 3.8) is 0 Å². The van der Waals surface area contributed by atoms with E-state index in [0.29, 0.717) is 17.5 Å². The largest absolute Gasteiger partial charge is 0.367 e. The Morgan fingerprint density at radius 1 is 1.12 bits per heavy atom. The van der Waals surface area contributed by atoms with E-state index in [0.717, 1.165) is 53.4 Å². The van der Waals surface area contributed by atoms with Gasteiger partial charge >= 0.3 is 0 Å². The van der Waals surface area contributed by atoms with Gasteiger partial charge in [-0.2, -0.15) is 0 Å². The molecule has 2 aromatic carbocycles. The molecular weight excluding hydrogens is 422 g/mol. The molecule has 1 saturated carbocycles. The molecule has 2 aromatic heterocycles. The van der Waals surface area contributed by atoms with E-state index in [4.69, 9.17) is 9.97 Å². The van der Waals surface area contributed by atoms with Crippen molar-refractivity contribution >= 4 is 17.4 Å². The second-order valence-corrected chi connectivity index (χ2v) is 9.66. The molecule has 0 bridgehead atoms. The number of nitrogens with zero attached hydrogens (tertiary/aromatic N) is 3. The SMILES string of the molecule is Cc1cccc(-c2cn3c(-c4ccc(C(=O)NC5CC5)cc4)cnc3c(NCC(C)C)n2)c1C. The molecule has 4 aromatic rings. The number of fused-ring (bicyclic) bond motifs is 1. The van der Waals surface area contributed by atoms with Gasteiger partial charge in [0, 0.05) is 35.5 Å². The zero-order valence-electron chi connectivity index (χ0n) is 20.2. The Kier molecular flexibility index (Phi) is 5.82. The van der Waals surface area contributed by atoms with Crippen LogP contribution in [0.15, 0.2) is 54.9 Å². The Hall–Kier alpha value is -3.67. The minimum atomic E-state index is -0.00577. The van der Waals surface area contributed by atoms with Crippen molar-refractivity contribution < 1.29 is 4.79 Å². The fraction of sp³-hybridized carbons (Fsp3) is 0.321. The van der Waals surface area contributed by atoms with Crippen molar-refractivity contribution in [2.24, 2.45) is 5.92 Å². The fourth-order valence-electron chi connectivity index (χ4n) is 4.07. The summed E-state index contributed by atoms with van der Waals surface area (Å²) in [6, 6.07) is 14.4. The average Bonchev–Trinajstić information content (AvgIpc) is 3.54. The summed E-state index contributed by atoms with van der Waals surface area (Å²) < 4.78 is 2.10. The predicted molar refractivity (Wildman–Crippen MR) is 137 cm³/mol. The number of rotatable bonds is 7. The quantitative estimate of drug-likeness (QED) is 0.380. The third-order valence-corrected chi connectivity index (χ3v) is 6.41. The molecule has 0 saturated heterocycles. The Morgan fingerprint density at radius 2 is 1.88 bits per heavy atom. The lowest BCUT2D eigenvalue weighted by atomic mass is 10.0. The number of anilines is 1. The molecule has 2 heterocycles. The van der Waals surface area contributed by atoms with Crippen molar-refractivity contribution in [2.75, 3.05) is 11.9 Å². The lowest BCUT2D eigenvalue weighted by Crippen LogP contribution is -2.25. The average molecular weight is 454 g/mol. The van der Waals surface area contributed by atoms with Crippen LogP contribution in [0.1, 0.15) is 48.2 Å². The van der Waals surface area contributed by atoms with E-state index in [2.05, 4.69) is 67.1 Å². The van der Waals surface area contributed by atoms with E-state index < -0.39 is 0 Å². The van der Waals surface area contributed by atoms with Crippen LogP contribution in [-0.4, -0.2) is 32.9 Å². The van der Waals surface area contributed by atoms with Gasteiger partial charge in [-0.15, -0.1) is 0 Å². The first-order valence-corrected chi connectivity index (χ1v) is 12.0. The third kappa shape index (κ3) is 4.40. The zero-order chi connectivity index (χ0) is 23.8. The fourth-order valence-corrected chi connectivity index (χ4v) is 4.07. The number of benzene rings is 2. The van der Waals surface area contributed by atoms with Gasteiger partial charge in [0.1, 0.15) is 0 Å². The van der Waals surface area contributed by atoms with E-state index in [1.165, 1.54) is 11.1 Å². The maximum absolute atomic E-state index is 12.4. The Bertz CT molecular complexity index is 1350. The van der Waals surface area contributed by atoms with E-state index in [1.807, 2.05) is 30.5 Å². The number of carbonyl (C=O) groups is 1. The maximum Gasteiger partial charge on any atom is 0.251 e. The highest BCUT2D eigenvalue weighted by atomic mass is 16.1. The van der Waals surface area contributed by atoms with Crippen LogP contribution < -0.4 is 10.6 Å². The topological polar surface area (TPSA) is 71.3 Å². The van der Waals surface area contributed by atoms with Gasteiger partial charge in [0.05, 0.1) is 17.6 Å². The number of aryl methyl sites for hydroxylation is 1. The highest BCUT2D eigenvalue weighted by molar-refractivity contribution is 5.95. The molecule has 0 radical (unpaired) electrons. The molecule has 0 aliphatic heterocycles. The molecule has 6 heteroatoms. The van der Waals surface area contributed by atoms with Crippen molar-refractivity contribution in [3.05, 3.63) is 71.5 Å². The molecule has 34 heavy (non-hydrogen) atoms. The lowest BCUT2D eigenvalue weighted by Gasteiger charge is -2.14. The van der Waals surface area contributed by atoms with Gasteiger partial charge in [0.2, 0.25) is 0 Å². The molecule has 0 atom stereocenters. The first-order valence-electron chi connectivity index (χ1n) is 12.0. The minimum Gasteiger partial charge on any atom is -0.367 e. The van der Waals surface area contributed by atoms with Crippen molar-refractivity contribution in [2.45, 2.75) is 46.6 Å². The summed E-state index contributed by atoms with van der Waals surface area (Å²) in [4.78, 5) is 22.1. The highest BCUT2D eigenvalue weighted by Gasteiger charge is 2.24. The molecule has 2 N–H and O–H groups in total. The molecule has 0 spiro atoms. The summed E-state index contributed by atoms with van der Waals surface area (Å²) in [5.41, 5.74) is 7.91. The van der Waals surface area contributed by atoms with E-state index in [-0.39, 0.29) is 5.91 Å². The molecule has 1 aliphatic carbocycles. The number of amides is 1. The van der Waals surface area contributed by atoms with Gasteiger partial charge in [-0.05, 0) is 55.9 Å². The Balaban J connectivity index is 1.58. The summed E-state index contributed by atoms with van der Waals surface area (Å²) >= 11 is 0.